The van der Waals surface area contributed by atoms with E-state index in [1.807, 2.05) is 37.4 Å². The number of ether oxygens (including phenoxy) is 1. The van der Waals surface area contributed by atoms with Crippen LogP contribution in [0.3, 0.4) is 0 Å². The molecule has 0 radical (unpaired) electrons. The van der Waals surface area contributed by atoms with Crippen LogP contribution in [-0.2, 0) is 10.2 Å². The van der Waals surface area contributed by atoms with E-state index in [1.165, 1.54) is 0 Å². The molecule has 0 spiro atoms. The number of hydrogen-bond acceptors (Lipinski definition) is 9. The topological polar surface area (TPSA) is 114 Å². The van der Waals surface area contributed by atoms with E-state index < -0.39 is 16.0 Å². The first-order chi connectivity index (χ1) is 23.1. The van der Waals surface area contributed by atoms with Crippen molar-refractivity contribution in [2.75, 3.05) is 58.3 Å². The van der Waals surface area contributed by atoms with Crippen molar-refractivity contribution >= 4 is 37.7 Å². The molecule has 4 saturated heterocycles. The van der Waals surface area contributed by atoms with Gasteiger partial charge in [-0.25, -0.2) is 4.39 Å². The summed E-state index contributed by atoms with van der Waals surface area (Å²) in [5, 5.41) is 12.7. The highest BCUT2D eigenvalue weighted by Gasteiger charge is 2.47. The van der Waals surface area contributed by atoms with Crippen LogP contribution in [0.5, 0.6) is 11.8 Å². The SMILES string of the molecule is CN1CC[C@@H](NS(=O)(=O)N2[C@@H]3CC[C@H]2CN(c2nc(OC[C@@H]4CCCN4C)nc4c(F)c(-c5cc(O)cc6ccccc56)ccc24)C3)C1. The minimum absolute atomic E-state index is 0.0500. The Hall–Kier alpha value is -3.62. The number of halogens is 1. The minimum Gasteiger partial charge on any atom is -0.508 e. The summed E-state index contributed by atoms with van der Waals surface area (Å²) in [6.07, 6.45) is 4.38. The van der Waals surface area contributed by atoms with Gasteiger partial charge in [-0.2, -0.15) is 27.4 Å². The van der Waals surface area contributed by atoms with Crippen LogP contribution in [-0.4, -0.2) is 115 Å². The molecule has 3 aromatic carbocycles. The number of phenolic OH excluding ortho intramolecular Hbond substituents is 1. The molecule has 48 heavy (non-hydrogen) atoms. The van der Waals surface area contributed by atoms with Gasteiger partial charge >= 0.3 is 6.01 Å². The molecule has 1 aromatic heterocycles. The summed E-state index contributed by atoms with van der Waals surface area (Å²) in [6.45, 7) is 3.82. The molecule has 4 fully saturated rings. The first kappa shape index (κ1) is 31.6. The normalized spacial score (nSPS) is 25.5. The smallest absolute Gasteiger partial charge is 0.319 e. The number of aromatic hydroxyl groups is 1. The number of rotatable bonds is 8. The molecule has 4 atom stereocenters. The van der Waals surface area contributed by atoms with E-state index in [-0.39, 0.29) is 41.4 Å². The molecule has 13 heteroatoms. The zero-order chi connectivity index (χ0) is 33.2. The van der Waals surface area contributed by atoms with Crippen molar-refractivity contribution in [3.8, 4) is 22.9 Å². The van der Waals surface area contributed by atoms with Gasteiger partial charge in [-0.3, -0.25) is 0 Å². The third kappa shape index (κ3) is 5.75. The molecule has 4 aliphatic rings. The van der Waals surface area contributed by atoms with E-state index in [4.69, 9.17) is 9.72 Å². The quantitative estimate of drug-likeness (QED) is 0.287. The van der Waals surface area contributed by atoms with Gasteiger partial charge in [0, 0.05) is 54.8 Å². The van der Waals surface area contributed by atoms with Crippen LogP contribution >= 0.6 is 0 Å². The number of fused-ring (bicyclic) bond motifs is 4. The number of phenols is 1. The summed E-state index contributed by atoms with van der Waals surface area (Å²) in [5.41, 5.74) is 1.02. The highest BCUT2D eigenvalue weighted by molar-refractivity contribution is 7.87. The summed E-state index contributed by atoms with van der Waals surface area (Å²) in [7, 11) is 0.394. The Balaban J connectivity index is 1.16. The predicted octanol–water partition coefficient (Wildman–Crippen LogP) is 3.96. The van der Waals surface area contributed by atoms with Gasteiger partial charge < -0.3 is 24.5 Å². The summed E-state index contributed by atoms with van der Waals surface area (Å²) in [6, 6.07) is 14.1. The standard InChI is InChI=1S/C35H42FN7O4S/c1-40-15-13-23(18-40)39-48(45,46)43-24-9-10-25(43)20-42(19-24)34-30-12-11-29(31-17-27(44)16-22-6-3-4-8-28(22)31)32(36)33(30)37-35(38-34)47-21-26-7-5-14-41(26)2/h3-4,6,8,11-12,16-17,23-26,39,44H,5,7,9-10,13-15,18-21H2,1-2H3/t23-,24-,25+,26+/m1/s1. The van der Waals surface area contributed by atoms with Crippen molar-refractivity contribution in [1.29, 1.82) is 0 Å². The number of anilines is 1. The summed E-state index contributed by atoms with van der Waals surface area (Å²) >= 11 is 0. The maximum atomic E-state index is 16.8. The van der Waals surface area contributed by atoms with Gasteiger partial charge in [-0.1, -0.05) is 30.3 Å². The van der Waals surface area contributed by atoms with Crippen LogP contribution in [0, 0.1) is 5.82 Å². The maximum absolute atomic E-state index is 16.8. The molecule has 0 saturated carbocycles. The number of aromatic nitrogens is 2. The van der Waals surface area contributed by atoms with E-state index in [0.29, 0.717) is 48.6 Å². The Morgan fingerprint density at radius 3 is 2.46 bits per heavy atom. The molecule has 0 amide bonds. The fraction of sp³-hybridized carbons (Fsp3) is 0.486. The Morgan fingerprint density at radius 1 is 0.938 bits per heavy atom. The van der Waals surface area contributed by atoms with E-state index in [0.717, 1.165) is 56.0 Å². The van der Waals surface area contributed by atoms with Crippen molar-refractivity contribution < 1.29 is 22.7 Å². The highest BCUT2D eigenvalue weighted by atomic mass is 32.2. The molecule has 5 heterocycles. The second-order valence-corrected chi connectivity index (χ2v) is 15.6. The van der Waals surface area contributed by atoms with Crippen LogP contribution in [0.15, 0.2) is 48.5 Å². The van der Waals surface area contributed by atoms with E-state index in [1.54, 1.807) is 22.5 Å². The number of piperazine rings is 1. The summed E-state index contributed by atoms with van der Waals surface area (Å²) < 4.78 is 54.9. The van der Waals surface area contributed by atoms with Crippen LogP contribution in [0.1, 0.15) is 32.1 Å². The molecular weight excluding hydrogens is 633 g/mol. The molecule has 0 unspecified atom stereocenters. The van der Waals surface area contributed by atoms with Crippen molar-refractivity contribution in [3.63, 3.8) is 0 Å². The number of likely N-dealkylation sites (tertiary alicyclic amines) is 2. The van der Waals surface area contributed by atoms with Gasteiger partial charge in [0.05, 0.1) is 0 Å². The Labute approximate surface area is 280 Å². The lowest BCUT2D eigenvalue weighted by Crippen LogP contribution is -2.59. The summed E-state index contributed by atoms with van der Waals surface area (Å²) in [5.74, 6) is 0.0685. The number of likely N-dealkylation sites (N-methyl/N-ethyl adjacent to an activating group) is 2. The molecule has 2 bridgehead atoms. The van der Waals surface area contributed by atoms with Crippen LogP contribution < -0.4 is 14.4 Å². The van der Waals surface area contributed by atoms with E-state index in [9.17, 15) is 13.5 Å². The van der Waals surface area contributed by atoms with E-state index in [2.05, 4.69) is 31.5 Å². The van der Waals surface area contributed by atoms with Gasteiger partial charge in [-0.15, -0.1) is 0 Å². The first-order valence-corrected chi connectivity index (χ1v) is 18.4. The lowest BCUT2D eigenvalue weighted by Gasteiger charge is -2.41. The highest BCUT2D eigenvalue weighted by Crippen LogP contribution is 2.40. The van der Waals surface area contributed by atoms with Gasteiger partial charge in [0.1, 0.15) is 23.7 Å². The molecule has 2 N–H and O–H groups in total. The number of nitrogens with one attached hydrogen (secondary N) is 1. The van der Waals surface area contributed by atoms with Crippen LogP contribution in [0.2, 0.25) is 0 Å². The third-order valence-corrected chi connectivity index (χ3v) is 12.5. The second kappa shape index (κ2) is 12.4. The Bertz CT molecular complexity index is 1970. The van der Waals surface area contributed by atoms with Crippen molar-refractivity contribution in [3.05, 3.63) is 54.3 Å². The zero-order valence-corrected chi connectivity index (χ0v) is 28.2. The molecule has 4 aromatic rings. The van der Waals surface area contributed by atoms with Gasteiger partial charge in [0.15, 0.2) is 5.82 Å². The number of benzene rings is 3. The fourth-order valence-electron chi connectivity index (χ4n) is 8.25. The second-order valence-electron chi connectivity index (χ2n) is 13.9. The van der Waals surface area contributed by atoms with Crippen molar-refractivity contribution in [1.82, 2.24) is 28.8 Å². The molecule has 4 aliphatic heterocycles. The van der Waals surface area contributed by atoms with Crippen LogP contribution in [0.25, 0.3) is 32.8 Å². The summed E-state index contributed by atoms with van der Waals surface area (Å²) in [4.78, 5) is 16.0. The lowest BCUT2D eigenvalue weighted by atomic mass is 9.96. The van der Waals surface area contributed by atoms with Gasteiger partial charge in [0.25, 0.3) is 10.2 Å². The van der Waals surface area contributed by atoms with Crippen molar-refractivity contribution in [2.45, 2.75) is 56.3 Å². The zero-order valence-electron chi connectivity index (χ0n) is 27.3. The average Bonchev–Trinajstić information content (AvgIpc) is 3.75. The van der Waals surface area contributed by atoms with Gasteiger partial charge in [-0.05, 0) is 93.8 Å². The number of hydrogen-bond donors (Lipinski definition) is 2. The monoisotopic (exact) mass is 675 g/mol. The maximum Gasteiger partial charge on any atom is 0.319 e. The third-order valence-electron chi connectivity index (χ3n) is 10.7. The van der Waals surface area contributed by atoms with Crippen LogP contribution in [0.4, 0.5) is 10.2 Å². The molecule has 0 aliphatic carbocycles. The Morgan fingerprint density at radius 2 is 1.73 bits per heavy atom. The molecule has 8 rings (SSSR count). The first-order valence-electron chi connectivity index (χ1n) is 16.9. The fourth-order valence-corrected chi connectivity index (χ4v) is 10.1. The van der Waals surface area contributed by atoms with E-state index >= 15 is 4.39 Å². The van der Waals surface area contributed by atoms with Crippen molar-refractivity contribution in [2.24, 2.45) is 0 Å². The minimum atomic E-state index is -3.68. The predicted molar refractivity (Wildman–Crippen MR) is 184 cm³/mol. The van der Waals surface area contributed by atoms with Gasteiger partial charge in [0.2, 0.25) is 0 Å². The molecule has 11 nitrogen and oxygen atoms in total. The average molecular weight is 676 g/mol. The Kier molecular flexibility index (Phi) is 8.15. The largest absolute Gasteiger partial charge is 0.508 e. The molecule has 254 valence electrons. The molecular formula is C35H42FN7O4S. The lowest BCUT2D eigenvalue weighted by molar-refractivity contribution is 0.188. The number of nitrogens with zero attached hydrogens (tertiary/aromatic N) is 6.